The second-order valence-corrected chi connectivity index (χ2v) is 6.51. The van der Waals surface area contributed by atoms with Crippen molar-refractivity contribution in [1.29, 1.82) is 0 Å². The van der Waals surface area contributed by atoms with Crippen molar-refractivity contribution < 1.29 is 22.7 Å². The van der Waals surface area contributed by atoms with E-state index in [4.69, 9.17) is 0 Å². The van der Waals surface area contributed by atoms with Gasteiger partial charge in [-0.25, -0.2) is 4.39 Å². The number of alkyl halides is 2. The number of nitrogens with one attached hydrogen (secondary N) is 1. The molecule has 1 fully saturated rings. The fraction of sp³-hybridized carbons (Fsp3) is 0.350. The molecule has 26 heavy (non-hydrogen) atoms. The molecule has 2 aromatic carbocycles. The van der Waals surface area contributed by atoms with E-state index in [-0.39, 0.29) is 35.0 Å². The average molecular weight is 363 g/mol. The predicted molar refractivity (Wildman–Crippen MR) is 91.8 cm³/mol. The number of halogens is 3. The molecule has 1 amide bonds. The number of hydrogen-bond acceptors (Lipinski definition) is 2. The third-order valence-electron chi connectivity index (χ3n) is 4.71. The van der Waals surface area contributed by atoms with Crippen LogP contribution < -0.4 is 10.1 Å². The van der Waals surface area contributed by atoms with Crippen molar-refractivity contribution in [2.45, 2.75) is 38.3 Å². The lowest BCUT2D eigenvalue weighted by atomic mass is 9.94. The molecular formula is C20H20F3NO2. The van der Waals surface area contributed by atoms with E-state index in [0.717, 1.165) is 31.2 Å². The van der Waals surface area contributed by atoms with Crippen molar-refractivity contribution in [2.75, 3.05) is 0 Å². The van der Waals surface area contributed by atoms with Gasteiger partial charge in [0.25, 0.3) is 5.91 Å². The summed E-state index contributed by atoms with van der Waals surface area (Å²) >= 11 is 0. The molecule has 0 aliphatic heterocycles. The van der Waals surface area contributed by atoms with Gasteiger partial charge in [0.1, 0.15) is 11.6 Å². The van der Waals surface area contributed by atoms with E-state index in [0.29, 0.717) is 0 Å². The maximum Gasteiger partial charge on any atom is 0.387 e. The Labute approximate surface area is 150 Å². The molecule has 3 rings (SSSR count). The zero-order valence-corrected chi connectivity index (χ0v) is 14.1. The van der Waals surface area contributed by atoms with Crippen molar-refractivity contribution in [2.24, 2.45) is 5.92 Å². The van der Waals surface area contributed by atoms with E-state index in [1.54, 1.807) is 18.2 Å². The van der Waals surface area contributed by atoms with Crippen molar-refractivity contribution >= 4 is 5.91 Å². The number of carbonyl (C=O) groups is 1. The summed E-state index contributed by atoms with van der Waals surface area (Å²) in [6.07, 6.45) is 3.62. The smallest absolute Gasteiger partial charge is 0.387 e. The Kier molecular flexibility index (Phi) is 5.81. The zero-order valence-electron chi connectivity index (χ0n) is 14.1. The van der Waals surface area contributed by atoms with Crippen LogP contribution in [0.1, 0.15) is 35.2 Å². The van der Waals surface area contributed by atoms with E-state index >= 15 is 0 Å². The second-order valence-electron chi connectivity index (χ2n) is 6.51. The fourth-order valence-corrected chi connectivity index (χ4v) is 3.46. The summed E-state index contributed by atoms with van der Waals surface area (Å²) in [6.45, 7) is -2.93. The van der Waals surface area contributed by atoms with E-state index in [1.165, 1.54) is 30.3 Å². The Bertz CT molecular complexity index is 749. The molecule has 0 unspecified atom stereocenters. The summed E-state index contributed by atoms with van der Waals surface area (Å²) < 4.78 is 42.0. The normalized spacial score (nSPS) is 19.5. The Hall–Kier alpha value is -2.50. The highest BCUT2D eigenvalue weighted by molar-refractivity contribution is 5.94. The number of rotatable bonds is 6. The molecule has 3 nitrogen and oxygen atoms in total. The number of hydrogen-bond donors (Lipinski definition) is 1. The first-order valence-electron chi connectivity index (χ1n) is 8.61. The molecule has 0 aromatic heterocycles. The third-order valence-corrected chi connectivity index (χ3v) is 4.71. The van der Waals surface area contributed by atoms with Gasteiger partial charge in [-0.05, 0) is 61.1 Å². The lowest BCUT2D eigenvalue weighted by molar-refractivity contribution is -0.0498. The van der Waals surface area contributed by atoms with Crippen LogP contribution in [0.3, 0.4) is 0 Å². The molecule has 1 saturated carbocycles. The van der Waals surface area contributed by atoms with Gasteiger partial charge in [-0.15, -0.1) is 0 Å². The Balaban J connectivity index is 1.63. The highest BCUT2D eigenvalue weighted by atomic mass is 19.3. The summed E-state index contributed by atoms with van der Waals surface area (Å²) in [5.41, 5.74) is 1.32. The summed E-state index contributed by atoms with van der Waals surface area (Å²) in [7, 11) is 0. The monoisotopic (exact) mass is 363 g/mol. The quantitative estimate of drug-likeness (QED) is 0.817. The van der Waals surface area contributed by atoms with Crippen LogP contribution in [0.4, 0.5) is 13.2 Å². The first-order chi connectivity index (χ1) is 12.5. The minimum Gasteiger partial charge on any atom is -0.435 e. The topological polar surface area (TPSA) is 38.3 Å². The molecule has 138 valence electrons. The molecule has 2 aromatic rings. The molecule has 0 radical (unpaired) electrons. The van der Waals surface area contributed by atoms with Crippen LogP contribution in [0, 0.1) is 11.7 Å². The number of amides is 1. The minimum absolute atomic E-state index is 0.00669. The van der Waals surface area contributed by atoms with Crippen molar-refractivity contribution in [3.8, 4) is 5.75 Å². The average Bonchev–Trinajstić information content (AvgIpc) is 3.03. The third kappa shape index (κ3) is 4.77. The SMILES string of the molecule is O=C(N[C@@H]1CCC[C@@H]1Cc1ccc(F)cc1)c1cccc(OC(F)F)c1. The van der Waals surface area contributed by atoms with Gasteiger partial charge in [0, 0.05) is 11.6 Å². The molecule has 0 bridgehead atoms. The summed E-state index contributed by atoms with van der Waals surface area (Å²) in [4.78, 5) is 12.5. The summed E-state index contributed by atoms with van der Waals surface area (Å²) in [6, 6.07) is 12.2. The van der Waals surface area contributed by atoms with Gasteiger partial charge >= 0.3 is 6.61 Å². The number of carbonyl (C=O) groups excluding carboxylic acids is 1. The first kappa shape index (κ1) is 18.3. The largest absolute Gasteiger partial charge is 0.435 e. The molecule has 2 atom stereocenters. The van der Waals surface area contributed by atoms with Gasteiger partial charge in [0.05, 0.1) is 0 Å². The van der Waals surface area contributed by atoms with Gasteiger partial charge in [-0.3, -0.25) is 4.79 Å². The van der Waals surface area contributed by atoms with E-state index in [9.17, 15) is 18.0 Å². The van der Waals surface area contributed by atoms with Crippen molar-refractivity contribution in [3.63, 3.8) is 0 Å². The van der Waals surface area contributed by atoms with Crippen LogP contribution in [0.5, 0.6) is 5.75 Å². The highest BCUT2D eigenvalue weighted by Crippen LogP contribution is 2.29. The molecule has 1 N–H and O–H groups in total. The maximum absolute atomic E-state index is 13.0. The van der Waals surface area contributed by atoms with Gasteiger partial charge in [-0.1, -0.05) is 24.6 Å². The predicted octanol–water partition coefficient (Wildman–Crippen LogP) is 4.57. The first-order valence-corrected chi connectivity index (χ1v) is 8.61. The lowest BCUT2D eigenvalue weighted by Crippen LogP contribution is -2.38. The number of ether oxygens (including phenoxy) is 1. The lowest BCUT2D eigenvalue weighted by Gasteiger charge is -2.21. The van der Waals surface area contributed by atoms with Crippen molar-refractivity contribution in [1.82, 2.24) is 5.32 Å². The molecule has 6 heteroatoms. The van der Waals surface area contributed by atoms with Crippen LogP contribution in [-0.2, 0) is 6.42 Å². The van der Waals surface area contributed by atoms with Gasteiger partial charge in [-0.2, -0.15) is 8.78 Å². The van der Waals surface area contributed by atoms with Crippen LogP contribution in [0.2, 0.25) is 0 Å². The summed E-state index contributed by atoms with van der Waals surface area (Å²) in [5.74, 6) is -0.344. The molecule has 1 aliphatic carbocycles. The standard InChI is InChI=1S/C20H20F3NO2/c21-16-9-7-13(8-10-16)11-14-3-2-6-18(14)24-19(25)15-4-1-5-17(12-15)26-20(22)23/h1,4-5,7-10,12,14,18,20H,2-3,6,11H2,(H,24,25)/t14-,18-/m1/s1. The van der Waals surface area contributed by atoms with Crippen LogP contribution in [-0.4, -0.2) is 18.6 Å². The fourth-order valence-electron chi connectivity index (χ4n) is 3.46. The Morgan fingerprint density at radius 1 is 1.15 bits per heavy atom. The molecule has 1 aliphatic rings. The Morgan fingerprint density at radius 3 is 2.65 bits per heavy atom. The van der Waals surface area contributed by atoms with Crippen LogP contribution in [0.15, 0.2) is 48.5 Å². The maximum atomic E-state index is 13.0. The van der Waals surface area contributed by atoms with E-state index < -0.39 is 6.61 Å². The van der Waals surface area contributed by atoms with Crippen LogP contribution >= 0.6 is 0 Å². The summed E-state index contributed by atoms with van der Waals surface area (Å²) in [5, 5.41) is 3.00. The van der Waals surface area contributed by atoms with E-state index in [2.05, 4.69) is 10.1 Å². The van der Waals surface area contributed by atoms with Crippen molar-refractivity contribution in [3.05, 3.63) is 65.5 Å². The zero-order chi connectivity index (χ0) is 18.5. The van der Waals surface area contributed by atoms with Gasteiger partial charge in [0.2, 0.25) is 0 Å². The molecule has 0 spiro atoms. The molecular weight excluding hydrogens is 343 g/mol. The number of benzene rings is 2. The van der Waals surface area contributed by atoms with Crippen LogP contribution in [0.25, 0.3) is 0 Å². The highest BCUT2D eigenvalue weighted by Gasteiger charge is 2.29. The minimum atomic E-state index is -2.93. The second kappa shape index (κ2) is 8.25. The van der Waals surface area contributed by atoms with Gasteiger partial charge in [0.15, 0.2) is 0 Å². The van der Waals surface area contributed by atoms with E-state index in [1.807, 2.05) is 0 Å². The molecule has 0 heterocycles. The van der Waals surface area contributed by atoms with Gasteiger partial charge < -0.3 is 10.1 Å². The molecule has 0 saturated heterocycles. The Morgan fingerprint density at radius 2 is 1.92 bits per heavy atom.